The minimum absolute atomic E-state index is 0.0291. The highest BCUT2D eigenvalue weighted by Crippen LogP contribution is 2.43. The van der Waals surface area contributed by atoms with Gasteiger partial charge in [-0.05, 0) is 44.9 Å². The van der Waals surface area contributed by atoms with E-state index in [9.17, 15) is 19.0 Å². The van der Waals surface area contributed by atoms with Crippen LogP contribution in [0.15, 0.2) is 36.5 Å². The van der Waals surface area contributed by atoms with E-state index < -0.39 is 26.5 Å². The number of esters is 2. The van der Waals surface area contributed by atoms with Gasteiger partial charge in [0.15, 0.2) is 6.10 Å². The number of carbonyl (C=O) groups excluding carboxylic acids is 2. The maximum Gasteiger partial charge on any atom is 0.472 e. The fourth-order valence-electron chi connectivity index (χ4n) is 5.09. The summed E-state index contributed by atoms with van der Waals surface area (Å²) < 4.78 is 34.1. The standard InChI is InChI=1S/C40H74NO8P/c1-6-8-10-12-14-16-18-19-20-21-23-24-26-28-30-32-39(42)46-36-38(37-48-50(44,45)47-35-34-41(3,4)5)49-40(43)33-31-29-27-25-22-17-15-13-11-9-7-2/h8,10,14,16,19-20,38H,6-7,9,11-13,15,17-18,21-37H2,1-5H3/p+1/b10-8-,16-14-,20-19-/t38-/m1/s1. The average Bonchev–Trinajstić information content (AvgIpc) is 3.06. The van der Waals surface area contributed by atoms with Gasteiger partial charge in [0.1, 0.15) is 19.8 Å². The zero-order valence-electron chi connectivity index (χ0n) is 32.6. The van der Waals surface area contributed by atoms with Crippen LogP contribution in [0.25, 0.3) is 0 Å². The molecule has 0 aliphatic carbocycles. The van der Waals surface area contributed by atoms with E-state index in [2.05, 4.69) is 50.3 Å². The lowest BCUT2D eigenvalue weighted by molar-refractivity contribution is -0.870. The summed E-state index contributed by atoms with van der Waals surface area (Å²) in [5.74, 6) is -0.820. The smallest absolute Gasteiger partial charge is 0.462 e. The number of unbranched alkanes of at least 4 members (excludes halogenated alkanes) is 15. The minimum atomic E-state index is -4.37. The highest BCUT2D eigenvalue weighted by molar-refractivity contribution is 7.47. The van der Waals surface area contributed by atoms with Crippen molar-refractivity contribution in [1.82, 2.24) is 0 Å². The van der Waals surface area contributed by atoms with Crippen LogP contribution in [0.2, 0.25) is 0 Å². The predicted octanol–water partition coefficient (Wildman–Crippen LogP) is 10.6. The van der Waals surface area contributed by atoms with Gasteiger partial charge in [-0.15, -0.1) is 0 Å². The summed E-state index contributed by atoms with van der Waals surface area (Å²) in [5.41, 5.74) is 0. The second-order valence-corrected chi connectivity index (χ2v) is 15.7. The van der Waals surface area contributed by atoms with Crippen LogP contribution in [0.5, 0.6) is 0 Å². The van der Waals surface area contributed by atoms with Gasteiger partial charge in [0.05, 0.1) is 27.7 Å². The Morgan fingerprint density at radius 1 is 0.640 bits per heavy atom. The zero-order valence-corrected chi connectivity index (χ0v) is 33.5. The Kier molecular flexibility index (Phi) is 31.9. The summed E-state index contributed by atoms with van der Waals surface area (Å²) in [7, 11) is 1.46. The molecule has 0 aromatic rings. The second-order valence-electron chi connectivity index (χ2n) is 14.3. The van der Waals surface area contributed by atoms with Crippen molar-refractivity contribution in [3.8, 4) is 0 Å². The van der Waals surface area contributed by atoms with E-state index in [1.807, 2.05) is 21.1 Å². The SMILES string of the molecule is CC/C=C\C/C=C\C/C=C\CCCCCCCC(=O)OC[C@H](COP(=O)(O)OCC[N+](C)(C)C)OC(=O)CCCCCCCCCCCCC. The molecule has 292 valence electrons. The van der Waals surface area contributed by atoms with Crippen molar-refractivity contribution >= 4 is 19.8 Å². The summed E-state index contributed by atoms with van der Waals surface area (Å²) in [6, 6.07) is 0. The van der Waals surface area contributed by atoms with Crippen molar-refractivity contribution in [2.24, 2.45) is 0 Å². The number of quaternary nitrogens is 1. The minimum Gasteiger partial charge on any atom is -0.462 e. The summed E-state index contributed by atoms with van der Waals surface area (Å²) in [4.78, 5) is 35.2. The number of carbonyl (C=O) groups is 2. The number of phosphoric acid groups is 1. The molecule has 0 aromatic carbocycles. The van der Waals surface area contributed by atoms with Crippen molar-refractivity contribution < 1.29 is 42.1 Å². The molecule has 0 aliphatic heterocycles. The van der Waals surface area contributed by atoms with Gasteiger partial charge in [0, 0.05) is 12.8 Å². The molecular weight excluding hydrogens is 653 g/mol. The molecule has 2 atom stereocenters. The second kappa shape index (κ2) is 33.1. The molecule has 0 bridgehead atoms. The molecule has 0 spiro atoms. The third-order valence-corrected chi connectivity index (χ3v) is 9.17. The predicted molar refractivity (Wildman–Crippen MR) is 206 cm³/mol. The molecule has 1 unspecified atom stereocenters. The van der Waals surface area contributed by atoms with Crippen molar-refractivity contribution in [1.29, 1.82) is 0 Å². The molecule has 0 aliphatic rings. The molecular formula is C40H75NO8P+. The Bertz CT molecular complexity index is 959. The lowest BCUT2D eigenvalue weighted by Crippen LogP contribution is -2.37. The number of likely N-dealkylation sites (N-methyl/N-ethyl adjacent to an activating group) is 1. The van der Waals surface area contributed by atoms with Gasteiger partial charge in [-0.25, -0.2) is 4.57 Å². The van der Waals surface area contributed by atoms with Gasteiger partial charge >= 0.3 is 19.8 Å². The normalized spacial score (nSPS) is 14.1. The monoisotopic (exact) mass is 729 g/mol. The average molecular weight is 729 g/mol. The lowest BCUT2D eigenvalue weighted by atomic mass is 10.1. The van der Waals surface area contributed by atoms with Gasteiger partial charge in [-0.3, -0.25) is 18.6 Å². The van der Waals surface area contributed by atoms with Gasteiger partial charge in [0.2, 0.25) is 0 Å². The fraction of sp³-hybridized carbons (Fsp3) is 0.800. The van der Waals surface area contributed by atoms with Crippen LogP contribution in [0.4, 0.5) is 0 Å². The van der Waals surface area contributed by atoms with Crippen molar-refractivity contribution in [3.05, 3.63) is 36.5 Å². The quantitative estimate of drug-likeness (QED) is 0.0226. The number of allylic oxidation sites excluding steroid dienone is 6. The van der Waals surface area contributed by atoms with Crippen LogP contribution < -0.4 is 0 Å². The lowest BCUT2D eigenvalue weighted by Gasteiger charge is -2.24. The largest absolute Gasteiger partial charge is 0.472 e. The number of hydrogen-bond acceptors (Lipinski definition) is 7. The van der Waals surface area contributed by atoms with Gasteiger partial charge in [-0.1, -0.05) is 134 Å². The number of phosphoric ester groups is 1. The van der Waals surface area contributed by atoms with E-state index in [1.165, 1.54) is 51.4 Å². The van der Waals surface area contributed by atoms with Crippen LogP contribution in [0.3, 0.4) is 0 Å². The van der Waals surface area contributed by atoms with Crippen LogP contribution in [0.1, 0.15) is 155 Å². The molecule has 0 radical (unpaired) electrons. The van der Waals surface area contributed by atoms with Crippen LogP contribution >= 0.6 is 7.82 Å². The van der Waals surface area contributed by atoms with Crippen LogP contribution in [0, 0.1) is 0 Å². The summed E-state index contributed by atoms with van der Waals surface area (Å²) in [5, 5.41) is 0. The van der Waals surface area contributed by atoms with Crippen LogP contribution in [-0.4, -0.2) is 74.9 Å². The van der Waals surface area contributed by atoms with Gasteiger partial charge in [-0.2, -0.15) is 0 Å². The molecule has 0 fully saturated rings. The molecule has 1 N–H and O–H groups in total. The molecule has 0 saturated carbocycles. The Labute approximate surface area is 306 Å². The topological polar surface area (TPSA) is 108 Å². The molecule has 50 heavy (non-hydrogen) atoms. The first-order valence-corrected chi connectivity index (χ1v) is 21.2. The van der Waals surface area contributed by atoms with Gasteiger partial charge in [0.25, 0.3) is 0 Å². The molecule has 10 heteroatoms. The Morgan fingerprint density at radius 2 is 1.14 bits per heavy atom. The van der Waals surface area contributed by atoms with Crippen molar-refractivity contribution in [2.45, 2.75) is 161 Å². The third kappa shape index (κ3) is 36.0. The maximum atomic E-state index is 12.6. The zero-order chi connectivity index (χ0) is 37.2. The Balaban J connectivity index is 4.43. The molecule has 0 rings (SSSR count). The van der Waals surface area contributed by atoms with E-state index in [-0.39, 0.29) is 32.0 Å². The Morgan fingerprint density at radius 3 is 1.70 bits per heavy atom. The first kappa shape index (κ1) is 48.2. The number of nitrogens with zero attached hydrogens (tertiary/aromatic N) is 1. The van der Waals surface area contributed by atoms with Gasteiger partial charge < -0.3 is 18.9 Å². The highest BCUT2D eigenvalue weighted by atomic mass is 31.2. The van der Waals surface area contributed by atoms with E-state index in [0.717, 1.165) is 70.6 Å². The van der Waals surface area contributed by atoms with E-state index in [1.54, 1.807) is 0 Å². The third-order valence-electron chi connectivity index (χ3n) is 8.18. The highest BCUT2D eigenvalue weighted by Gasteiger charge is 2.27. The van der Waals surface area contributed by atoms with E-state index in [0.29, 0.717) is 17.4 Å². The molecule has 0 saturated heterocycles. The summed E-state index contributed by atoms with van der Waals surface area (Å²) >= 11 is 0. The van der Waals surface area contributed by atoms with Crippen LogP contribution in [-0.2, 0) is 32.7 Å². The van der Waals surface area contributed by atoms with Crippen molar-refractivity contribution in [3.63, 3.8) is 0 Å². The fourth-order valence-corrected chi connectivity index (χ4v) is 5.83. The van der Waals surface area contributed by atoms with E-state index >= 15 is 0 Å². The molecule has 9 nitrogen and oxygen atoms in total. The van der Waals surface area contributed by atoms with Crippen molar-refractivity contribution in [2.75, 3.05) is 47.5 Å². The summed E-state index contributed by atoms with van der Waals surface area (Å²) in [6.45, 7) is 4.27. The molecule has 0 amide bonds. The molecule has 0 aromatic heterocycles. The number of hydrogen-bond donors (Lipinski definition) is 1. The number of rotatable bonds is 35. The summed E-state index contributed by atoms with van der Waals surface area (Å²) in [6.07, 6.45) is 34.7. The first-order valence-electron chi connectivity index (χ1n) is 19.7. The first-order chi connectivity index (χ1) is 24.0. The van der Waals surface area contributed by atoms with E-state index in [4.69, 9.17) is 18.5 Å². The molecule has 0 heterocycles. The Hall–Kier alpha value is -1.77. The number of ether oxygens (including phenoxy) is 2. The maximum absolute atomic E-state index is 12.6.